The van der Waals surface area contributed by atoms with E-state index in [1.165, 1.54) is 55.6 Å². The first-order chi connectivity index (χ1) is 12.9. The topological polar surface area (TPSA) is 130 Å². The molecule has 0 aliphatic rings. The molecule has 0 aromatic heterocycles. The van der Waals surface area contributed by atoms with Gasteiger partial charge in [0.1, 0.15) is 6.29 Å². The molecule has 0 aliphatic heterocycles. The van der Waals surface area contributed by atoms with Crippen molar-refractivity contribution in [2.75, 3.05) is 7.11 Å². The van der Waals surface area contributed by atoms with Crippen LogP contribution in [0.3, 0.4) is 0 Å². The second-order valence-corrected chi connectivity index (χ2v) is 5.71. The van der Waals surface area contributed by atoms with Gasteiger partial charge in [-0.15, -0.1) is 0 Å². The SMILES string of the molecule is COC(=O)[C@H](c1ccc([N+](=O)[O-])cc1)[C@H](CC=O)c1ccc([N+](=O)[O-])cc1. The highest BCUT2D eigenvalue weighted by Gasteiger charge is 2.32. The van der Waals surface area contributed by atoms with Gasteiger partial charge in [-0.25, -0.2) is 0 Å². The Balaban J connectivity index is 2.49. The summed E-state index contributed by atoms with van der Waals surface area (Å²) in [5, 5.41) is 21.7. The fourth-order valence-electron chi connectivity index (χ4n) is 2.87. The summed E-state index contributed by atoms with van der Waals surface area (Å²) in [7, 11) is 1.20. The molecule has 0 aliphatic carbocycles. The Kier molecular flexibility index (Phi) is 6.32. The van der Waals surface area contributed by atoms with Crippen LogP contribution in [0.4, 0.5) is 11.4 Å². The maximum atomic E-state index is 12.4. The molecule has 0 amide bonds. The largest absolute Gasteiger partial charge is 0.469 e. The van der Waals surface area contributed by atoms with E-state index in [4.69, 9.17) is 4.74 Å². The maximum Gasteiger partial charge on any atom is 0.313 e. The lowest BCUT2D eigenvalue weighted by Crippen LogP contribution is -2.22. The molecule has 0 radical (unpaired) electrons. The van der Waals surface area contributed by atoms with Gasteiger partial charge in [0.25, 0.3) is 11.4 Å². The van der Waals surface area contributed by atoms with Crippen LogP contribution >= 0.6 is 0 Å². The predicted octanol–water partition coefficient (Wildman–Crippen LogP) is 3.13. The van der Waals surface area contributed by atoms with Gasteiger partial charge >= 0.3 is 5.97 Å². The number of non-ortho nitro benzene ring substituents is 2. The molecular formula is C18H16N2O7. The number of hydrogen-bond donors (Lipinski definition) is 0. The molecule has 0 bridgehead atoms. The molecule has 0 fully saturated rings. The van der Waals surface area contributed by atoms with Crippen molar-refractivity contribution in [1.29, 1.82) is 0 Å². The average molecular weight is 372 g/mol. The Morgan fingerprint density at radius 2 is 1.41 bits per heavy atom. The molecule has 2 rings (SSSR count). The van der Waals surface area contributed by atoms with E-state index in [2.05, 4.69) is 0 Å². The monoisotopic (exact) mass is 372 g/mol. The average Bonchev–Trinajstić information content (AvgIpc) is 2.67. The van der Waals surface area contributed by atoms with Crippen LogP contribution in [0.5, 0.6) is 0 Å². The summed E-state index contributed by atoms with van der Waals surface area (Å²) < 4.78 is 4.86. The Bertz CT molecular complexity index is 847. The molecule has 0 heterocycles. The molecule has 2 aromatic carbocycles. The minimum absolute atomic E-state index is 0.0332. The number of methoxy groups -OCH3 is 1. The third kappa shape index (κ3) is 4.51. The van der Waals surface area contributed by atoms with Crippen LogP contribution in [0.15, 0.2) is 48.5 Å². The zero-order valence-electron chi connectivity index (χ0n) is 14.3. The number of nitro benzene ring substituents is 2. The van der Waals surface area contributed by atoms with Crippen molar-refractivity contribution in [3.05, 3.63) is 79.9 Å². The van der Waals surface area contributed by atoms with Crippen molar-refractivity contribution in [2.24, 2.45) is 0 Å². The van der Waals surface area contributed by atoms with E-state index in [0.29, 0.717) is 17.4 Å². The van der Waals surface area contributed by atoms with E-state index in [9.17, 15) is 29.8 Å². The van der Waals surface area contributed by atoms with Crippen LogP contribution in [0, 0.1) is 20.2 Å². The molecule has 9 heteroatoms. The Morgan fingerprint density at radius 1 is 0.963 bits per heavy atom. The lowest BCUT2D eigenvalue weighted by molar-refractivity contribution is -0.385. The predicted molar refractivity (Wildman–Crippen MR) is 94.4 cm³/mol. The molecule has 2 atom stereocenters. The van der Waals surface area contributed by atoms with Gasteiger partial charge in [-0.2, -0.15) is 0 Å². The number of esters is 1. The number of nitrogens with zero attached hydrogens (tertiary/aromatic N) is 2. The maximum absolute atomic E-state index is 12.4. The lowest BCUT2D eigenvalue weighted by atomic mass is 9.79. The summed E-state index contributed by atoms with van der Waals surface area (Å²) >= 11 is 0. The van der Waals surface area contributed by atoms with Gasteiger partial charge in [0, 0.05) is 36.6 Å². The van der Waals surface area contributed by atoms with Crippen molar-refractivity contribution in [3.63, 3.8) is 0 Å². The highest BCUT2D eigenvalue weighted by molar-refractivity contribution is 5.80. The van der Waals surface area contributed by atoms with Crippen LogP contribution in [-0.4, -0.2) is 29.2 Å². The third-order valence-electron chi connectivity index (χ3n) is 4.20. The van der Waals surface area contributed by atoms with Crippen LogP contribution < -0.4 is 0 Å². The Morgan fingerprint density at radius 3 is 1.78 bits per heavy atom. The fourth-order valence-corrected chi connectivity index (χ4v) is 2.87. The molecule has 9 nitrogen and oxygen atoms in total. The van der Waals surface area contributed by atoms with Gasteiger partial charge in [0.15, 0.2) is 0 Å². The second kappa shape index (κ2) is 8.65. The standard InChI is InChI=1S/C18H16N2O7/c1-27-18(22)17(13-4-8-15(9-5-13)20(25)26)16(10-11-21)12-2-6-14(7-3-12)19(23)24/h2-9,11,16-17H,10H2,1H3/t16-,17-/m1/s1. The summed E-state index contributed by atoms with van der Waals surface area (Å²) in [5.41, 5.74) is 0.734. The summed E-state index contributed by atoms with van der Waals surface area (Å²) in [6, 6.07) is 10.9. The fraction of sp³-hybridized carbons (Fsp3) is 0.222. The van der Waals surface area contributed by atoms with Crippen molar-refractivity contribution in [3.8, 4) is 0 Å². The van der Waals surface area contributed by atoms with Gasteiger partial charge in [0.2, 0.25) is 0 Å². The van der Waals surface area contributed by atoms with Gasteiger partial charge in [0.05, 0.1) is 22.9 Å². The smallest absolute Gasteiger partial charge is 0.313 e. The second-order valence-electron chi connectivity index (χ2n) is 5.71. The van der Waals surface area contributed by atoms with E-state index in [-0.39, 0.29) is 17.8 Å². The summed E-state index contributed by atoms with van der Waals surface area (Å²) in [4.78, 5) is 44.2. The van der Waals surface area contributed by atoms with E-state index in [0.717, 1.165) is 0 Å². The lowest BCUT2D eigenvalue weighted by Gasteiger charge is -2.24. The number of benzene rings is 2. The highest BCUT2D eigenvalue weighted by atomic mass is 16.6. The van der Waals surface area contributed by atoms with E-state index in [1.807, 2.05) is 0 Å². The third-order valence-corrected chi connectivity index (χ3v) is 4.20. The number of aldehydes is 1. The zero-order valence-corrected chi connectivity index (χ0v) is 14.3. The molecule has 0 N–H and O–H groups in total. The highest BCUT2D eigenvalue weighted by Crippen LogP contribution is 2.37. The number of ether oxygens (including phenoxy) is 1. The number of nitro groups is 2. The normalized spacial score (nSPS) is 12.6. The first-order valence-corrected chi connectivity index (χ1v) is 7.89. The number of rotatable bonds is 8. The molecule has 0 saturated carbocycles. The van der Waals surface area contributed by atoms with Gasteiger partial charge < -0.3 is 9.53 Å². The van der Waals surface area contributed by atoms with E-state index in [1.54, 1.807) is 0 Å². The summed E-state index contributed by atoms with van der Waals surface area (Å²) in [6.45, 7) is 0. The molecule has 0 unspecified atom stereocenters. The van der Waals surface area contributed by atoms with Crippen molar-refractivity contribution < 1.29 is 24.2 Å². The first kappa shape index (κ1) is 19.7. The van der Waals surface area contributed by atoms with Crippen molar-refractivity contribution in [2.45, 2.75) is 18.3 Å². The van der Waals surface area contributed by atoms with Crippen LogP contribution in [0.25, 0.3) is 0 Å². The Hall–Kier alpha value is -3.62. The number of carbonyl (C=O) groups is 2. The van der Waals surface area contributed by atoms with Crippen LogP contribution in [-0.2, 0) is 14.3 Å². The van der Waals surface area contributed by atoms with E-state index < -0.39 is 27.7 Å². The quantitative estimate of drug-likeness (QED) is 0.301. The van der Waals surface area contributed by atoms with Gasteiger partial charge in [-0.05, 0) is 11.1 Å². The van der Waals surface area contributed by atoms with Crippen LogP contribution in [0.1, 0.15) is 29.4 Å². The van der Waals surface area contributed by atoms with Gasteiger partial charge in [-0.3, -0.25) is 25.0 Å². The molecule has 140 valence electrons. The number of hydrogen-bond acceptors (Lipinski definition) is 7. The van der Waals surface area contributed by atoms with Crippen molar-refractivity contribution >= 4 is 23.6 Å². The first-order valence-electron chi connectivity index (χ1n) is 7.89. The summed E-state index contributed by atoms with van der Waals surface area (Å²) in [5.74, 6) is -2.16. The molecule has 27 heavy (non-hydrogen) atoms. The molecule has 0 spiro atoms. The molecular weight excluding hydrogens is 356 g/mol. The van der Waals surface area contributed by atoms with Gasteiger partial charge in [-0.1, -0.05) is 24.3 Å². The summed E-state index contributed by atoms with van der Waals surface area (Å²) in [6.07, 6.45) is 0.613. The van der Waals surface area contributed by atoms with Crippen molar-refractivity contribution in [1.82, 2.24) is 0 Å². The zero-order chi connectivity index (χ0) is 20.0. The minimum atomic E-state index is -0.900. The van der Waals surface area contributed by atoms with Crippen LogP contribution in [0.2, 0.25) is 0 Å². The number of carbonyl (C=O) groups excluding carboxylic acids is 2. The molecule has 0 saturated heterocycles. The Labute approximate surface area is 153 Å². The molecule has 2 aromatic rings. The van der Waals surface area contributed by atoms with E-state index >= 15 is 0 Å². The minimum Gasteiger partial charge on any atom is -0.469 e.